The van der Waals surface area contributed by atoms with Crippen LogP contribution >= 0.6 is 11.3 Å². The summed E-state index contributed by atoms with van der Waals surface area (Å²) in [5.74, 6) is 2.64. The van der Waals surface area contributed by atoms with Crippen LogP contribution in [0.15, 0.2) is 29.6 Å². The molecule has 0 saturated heterocycles. The summed E-state index contributed by atoms with van der Waals surface area (Å²) < 4.78 is 0. The van der Waals surface area contributed by atoms with Crippen molar-refractivity contribution in [2.75, 3.05) is 0 Å². The second-order valence-corrected chi connectivity index (χ2v) is 7.15. The molecule has 2 saturated carbocycles. The summed E-state index contributed by atoms with van der Waals surface area (Å²) in [6, 6.07) is 8.46. The SMILES string of the molecule is NCc1cccc(-c2csc(C3CC4CCC3C4)n2)c1. The van der Waals surface area contributed by atoms with E-state index in [-0.39, 0.29) is 0 Å². The predicted octanol–water partition coefficient (Wildman–Crippen LogP) is 4.17. The van der Waals surface area contributed by atoms with Crippen molar-refractivity contribution in [1.29, 1.82) is 0 Å². The second-order valence-electron chi connectivity index (χ2n) is 6.26. The number of rotatable bonds is 3. The van der Waals surface area contributed by atoms with Crippen LogP contribution in [0.3, 0.4) is 0 Å². The van der Waals surface area contributed by atoms with Gasteiger partial charge in [-0.15, -0.1) is 11.3 Å². The number of nitrogens with two attached hydrogens (primary N) is 1. The fraction of sp³-hybridized carbons (Fsp3) is 0.471. The molecule has 104 valence electrons. The summed E-state index contributed by atoms with van der Waals surface area (Å²) >= 11 is 1.85. The van der Waals surface area contributed by atoms with Crippen molar-refractivity contribution in [3.05, 3.63) is 40.2 Å². The largest absolute Gasteiger partial charge is 0.326 e. The van der Waals surface area contributed by atoms with Crippen LogP contribution in [-0.2, 0) is 6.54 Å². The van der Waals surface area contributed by atoms with Gasteiger partial charge in [-0.3, -0.25) is 0 Å². The predicted molar refractivity (Wildman–Crippen MR) is 83.6 cm³/mol. The van der Waals surface area contributed by atoms with Gasteiger partial charge < -0.3 is 5.73 Å². The Morgan fingerprint density at radius 3 is 2.95 bits per heavy atom. The van der Waals surface area contributed by atoms with Crippen molar-refractivity contribution in [2.45, 2.75) is 38.1 Å². The quantitative estimate of drug-likeness (QED) is 0.918. The molecule has 2 bridgehead atoms. The van der Waals surface area contributed by atoms with Gasteiger partial charge in [-0.1, -0.05) is 24.6 Å². The molecule has 3 unspecified atom stereocenters. The van der Waals surface area contributed by atoms with Crippen molar-refractivity contribution < 1.29 is 0 Å². The Labute approximate surface area is 124 Å². The van der Waals surface area contributed by atoms with Crippen LogP contribution in [0.4, 0.5) is 0 Å². The lowest BCUT2D eigenvalue weighted by Gasteiger charge is -2.18. The van der Waals surface area contributed by atoms with Crippen LogP contribution in [0.25, 0.3) is 11.3 Å². The van der Waals surface area contributed by atoms with Gasteiger partial charge in [0.1, 0.15) is 0 Å². The lowest BCUT2D eigenvalue weighted by molar-refractivity contribution is 0.419. The lowest BCUT2D eigenvalue weighted by atomic mass is 9.89. The number of thiazole rings is 1. The smallest absolute Gasteiger partial charge is 0.0966 e. The van der Waals surface area contributed by atoms with Crippen molar-refractivity contribution in [2.24, 2.45) is 17.6 Å². The van der Waals surface area contributed by atoms with Gasteiger partial charge in [0.05, 0.1) is 10.7 Å². The van der Waals surface area contributed by atoms with Crippen molar-refractivity contribution >= 4 is 11.3 Å². The van der Waals surface area contributed by atoms with Crippen molar-refractivity contribution in [3.63, 3.8) is 0 Å². The number of hydrogen-bond acceptors (Lipinski definition) is 3. The maximum atomic E-state index is 5.72. The molecule has 2 aliphatic carbocycles. The normalized spacial score (nSPS) is 28.1. The molecule has 0 amide bonds. The Bertz CT molecular complexity index is 619. The number of nitrogens with zero attached hydrogens (tertiary/aromatic N) is 1. The highest BCUT2D eigenvalue weighted by atomic mass is 32.1. The minimum Gasteiger partial charge on any atom is -0.326 e. The molecule has 20 heavy (non-hydrogen) atoms. The monoisotopic (exact) mass is 284 g/mol. The Hall–Kier alpha value is -1.19. The Morgan fingerprint density at radius 1 is 1.25 bits per heavy atom. The number of hydrogen-bond donors (Lipinski definition) is 1. The van der Waals surface area contributed by atoms with E-state index in [1.54, 1.807) is 0 Å². The molecule has 2 fully saturated rings. The van der Waals surface area contributed by atoms with Gasteiger partial charge in [0.2, 0.25) is 0 Å². The maximum Gasteiger partial charge on any atom is 0.0966 e. The molecule has 0 spiro atoms. The van der Waals surface area contributed by atoms with Gasteiger partial charge >= 0.3 is 0 Å². The molecule has 1 heterocycles. The van der Waals surface area contributed by atoms with Gasteiger partial charge in [-0.25, -0.2) is 4.98 Å². The summed E-state index contributed by atoms with van der Waals surface area (Å²) in [7, 11) is 0. The zero-order chi connectivity index (χ0) is 13.5. The van der Waals surface area contributed by atoms with Crippen molar-refractivity contribution in [3.8, 4) is 11.3 Å². The standard InChI is InChI=1S/C17H20N2S/c18-9-12-2-1-3-14(7-12)16-10-20-17(19-16)15-8-11-4-5-13(15)6-11/h1-3,7,10-11,13,15H,4-6,8-9,18H2. The molecule has 2 aliphatic rings. The summed E-state index contributed by atoms with van der Waals surface area (Å²) in [6.07, 6.45) is 5.70. The van der Waals surface area contributed by atoms with Crippen molar-refractivity contribution in [1.82, 2.24) is 4.98 Å². The molecule has 0 radical (unpaired) electrons. The molecule has 1 aromatic heterocycles. The average Bonchev–Trinajstić information content (AvgIpc) is 3.22. The first-order valence-electron chi connectivity index (χ1n) is 7.58. The third kappa shape index (κ3) is 2.09. The fourth-order valence-electron chi connectivity index (χ4n) is 4.00. The summed E-state index contributed by atoms with van der Waals surface area (Å²) in [6.45, 7) is 0.594. The fourth-order valence-corrected chi connectivity index (χ4v) is 5.03. The topological polar surface area (TPSA) is 38.9 Å². The summed E-state index contributed by atoms with van der Waals surface area (Å²) in [5.41, 5.74) is 9.24. The van der Waals surface area contributed by atoms with E-state index >= 15 is 0 Å². The van der Waals surface area contributed by atoms with Gasteiger partial charge in [-0.2, -0.15) is 0 Å². The van der Waals surface area contributed by atoms with E-state index in [4.69, 9.17) is 10.7 Å². The minimum atomic E-state index is 0.594. The number of aromatic nitrogens is 1. The van der Waals surface area contributed by atoms with Crippen LogP contribution in [0.5, 0.6) is 0 Å². The molecule has 3 atom stereocenters. The summed E-state index contributed by atoms with van der Waals surface area (Å²) in [5, 5.41) is 3.59. The molecule has 2 N–H and O–H groups in total. The van der Waals surface area contributed by atoms with Crippen LogP contribution < -0.4 is 5.73 Å². The van der Waals surface area contributed by atoms with E-state index in [1.807, 2.05) is 11.3 Å². The highest BCUT2D eigenvalue weighted by Crippen LogP contribution is 2.53. The highest BCUT2D eigenvalue weighted by Gasteiger charge is 2.41. The van der Waals surface area contributed by atoms with E-state index in [0.29, 0.717) is 6.54 Å². The molecular formula is C17H20N2S. The van der Waals surface area contributed by atoms with E-state index in [9.17, 15) is 0 Å². The van der Waals surface area contributed by atoms with Crippen LogP contribution in [-0.4, -0.2) is 4.98 Å². The molecule has 2 nitrogen and oxygen atoms in total. The average molecular weight is 284 g/mol. The molecule has 2 aromatic rings. The third-order valence-corrected chi connectivity index (χ3v) is 6.01. The van der Waals surface area contributed by atoms with Crippen LogP contribution in [0, 0.1) is 11.8 Å². The van der Waals surface area contributed by atoms with E-state index in [0.717, 1.165) is 23.4 Å². The lowest BCUT2D eigenvalue weighted by Crippen LogP contribution is -2.07. The van der Waals surface area contributed by atoms with Gasteiger partial charge in [-0.05, 0) is 42.7 Å². The van der Waals surface area contributed by atoms with Crippen LogP contribution in [0.1, 0.15) is 42.2 Å². The van der Waals surface area contributed by atoms with Gasteiger partial charge in [0, 0.05) is 23.4 Å². The zero-order valence-corrected chi connectivity index (χ0v) is 12.4. The first kappa shape index (κ1) is 12.5. The number of benzene rings is 1. The molecule has 4 rings (SSSR count). The summed E-state index contributed by atoms with van der Waals surface area (Å²) in [4.78, 5) is 4.93. The first-order valence-corrected chi connectivity index (χ1v) is 8.46. The Kier molecular flexibility index (Phi) is 3.12. The van der Waals surface area contributed by atoms with Gasteiger partial charge in [0.25, 0.3) is 0 Å². The van der Waals surface area contributed by atoms with Gasteiger partial charge in [0.15, 0.2) is 0 Å². The van der Waals surface area contributed by atoms with E-state index in [1.165, 1.54) is 41.8 Å². The zero-order valence-electron chi connectivity index (χ0n) is 11.6. The van der Waals surface area contributed by atoms with Crippen LogP contribution in [0.2, 0.25) is 0 Å². The Balaban J connectivity index is 1.61. The second kappa shape index (κ2) is 4.97. The third-order valence-electron chi connectivity index (χ3n) is 5.04. The molecule has 3 heteroatoms. The van der Waals surface area contributed by atoms with E-state index in [2.05, 4.69) is 29.6 Å². The molecular weight excluding hydrogens is 264 g/mol. The Morgan fingerprint density at radius 2 is 2.20 bits per heavy atom. The first-order chi connectivity index (χ1) is 9.83. The maximum absolute atomic E-state index is 5.72. The van der Waals surface area contributed by atoms with E-state index < -0.39 is 0 Å². The number of fused-ring (bicyclic) bond motifs is 2. The molecule has 1 aromatic carbocycles. The highest BCUT2D eigenvalue weighted by molar-refractivity contribution is 7.10. The minimum absolute atomic E-state index is 0.594. The molecule has 0 aliphatic heterocycles.